The third-order valence-electron chi connectivity index (χ3n) is 4.55. The van der Waals surface area contributed by atoms with E-state index in [2.05, 4.69) is 19.2 Å². The van der Waals surface area contributed by atoms with Crippen molar-refractivity contribution in [1.29, 1.82) is 0 Å². The zero-order chi connectivity index (χ0) is 14.2. The van der Waals surface area contributed by atoms with Gasteiger partial charge in [-0.3, -0.25) is 14.5 Å². The molecule has 0 unspecified atom stereocenters. The highest BCUT2D eigenvalue weighted by molar-refractivity contribution is 6.05. The summed E-state index contributed by atoms with van der Waals surface area (Å²) in [6, 6.07) is 0.0522. The quantitative estimate of drug-likeness (QED) is 0.794. The van der Waals surface area contributed by atoms with Gasteiger partial charge in [0.2, 0.25) is 11.8 Å². The molecule has 0 radical (unpaired) electrons. The lowest BCUT2D eigenvalue weighted by Crippen LogP contribution is -2.48. The van der Waals surface area contributed by atoms with Gasteiger partial charge in [0.25, 0.3) is 0 Å². The minimum absolute atomic E-state index is 0.0319. The Morgan fingerprint density at radius 2 is 1.89 bits per heavy atom. The van der Waals surface area contributed by atoms with Gasteiger partial charge in [-0.05, 0) is 44.9 Å². The van der Waals surface area contributed by atoms with E-state index in [-0.39, 0.29) is 23.9 Å². The van der Waals surface area contributed by atoms with Crippen molar-refractivity contribution in [3.8, 4) is 0 Å². The molecule has 2 rings (SSSR count). The monoisotopic (exact) mass is 266 g/mol. The van der Waals surface area contributed by atoms with Crippen LogP contribution in [0, 0.1) is 11.8 Å². The van der Waals surface area contributed by atoms with Gasteiger partial charge in [-0.2, -0.15) is 0 Å². The molecule has 1 aliphatic carbocycles. The lowest BCUT2D eigenvalue weighted by molar-refractivity contribution is -0.140. The fourth-order valence-corrected chi connectivity index (χ4v) is 3.50. The Bertz CT molecular complexity index is 367. The summed E-state index contributed by atoms with van der Waals surface area (Å²) in [6.45, 7) is 8.32. The van der Waals surface area contributed by atoms with Crippen LogP contribution < -0.4 is 5.32 Å². The van der Waals surface area contributed by atoms with Gasteiger partial charge in [0.15, 0.2) is 0 Å². The number of nitrogens with one attached hydrogen (secondary N) is 1. The van der Waals surface area contributed by atoms with Crippen LogP contribution in [0.2, 0.25) is 0 Å². The summed E-state index contributed by atoms with van der Waals surface area (Å²) in [5.41, 5.74) is 0. The molecule has 108 valence electrons. The van der Waals surface area contributed by atoms with Crippen molar-refractivity contribution in [1.82, 2.24) is 10.2 Å². The molecule has 0 aromatic rings. The van der Waals surface area contributed by atoms with Crippen LogP contribution in [0.25, 0.3) is 0 Å². The first-order valence-corrected chi connectivity index (χ1v) is 7.52. The van der Waals surface area contributed by atoms with Crippen LogP contribution in [0.3, 0.4) is 0 Å². The van der Waals surface area contributed by atoms with Crippen LogP contribution in [0.5, 0.6) is 0 Å². The van der Waals surface area contributed by atoms with E-state index in [4.69, 9.17) is 0 Å². The normalized spacial score (nSPS) is 36.4. The minimum atomic E-state index is -0.296. The zero-order valence-corrected chi connectivity index (χ0v) is 12.5. The molecule has 0 aromatic heterocycles. The lowest BCUT2D eigenvalue weighted by Gasteiger charge is -2.34. The Morgan fingerprint density at radius 1 is 1.21 bits per heavy atom. The smallest absolute Gasteiger partial charge is 0.247 e. The van der Waals surface area contributed by atoms with E-state index in [0.717, 1.165) is 12.3 Å². The Labute approximate surface area is 115 Å². The van der Waals surface area contributed by atoms with Crippen LogP contribution in [0.1, 0.15) is 53.4 Å². The number of rotatable bonds is 3. The molecule has 0 aromatic carbocycles. The molecule has 4 atom stereocenters. The first-order chi connectivity index (χ1) is 8.90. The van der Waals surface area contributed by atoms with E-state index in [1.165, 1.54) is 17.7 Å². The van der Waals surface area contributed by atoms with Crippen molar-refractivity contribution >= 4 is 11.8 Å². The van der Waals surface area contributed by atoms with Crippen LogP contribution in [0.4, 0.5) is 0 Å². The molecule has 19 heavy (non-hydrogen) atoms. The molecule has 1 N–H and O–H groups in total. The molecule has 1 saturated heterocycles. The van der Waals surface area contributed by atoms with Crippen LogP contribution in [0.15, 0.2) is 0 Å². The second-order valence-corrected chi connectivity index (χ2v) is 6.62. The van der Waals surface area contributed by atoms with Gasteiger partial charge >= 0.3 is 0 Å². The maximum atomic E-state index is 12.2. The Kier molecular flexibility index (Phi) is 4.29. The molecule has 2 aliphatic rings. The van der Waals surface area contributed by atoms with E-state index in [9.17, 15) is 9.59 Å². The number of amides is 2. The molecule has 1 saturated carbocycles. The van der Waals surface area contributed by atoms with E-state index in [0.29, 0.717) is 18.4 Å². The summed E-state index contributed by atoms with van der Waals surface area (Å²) >= 11 is 0. The van der Waals surface area contributed by atoms with E-state index in [1.54, 1.807) is 0 Å². The average Bonchev–Trinajstić information content (AvgIpc) is 2.58. The number of carbonyl (C=O) groups excluding carboxylic acids is 2. The van der Waals surface area contributed by atoms with Gasteiger partial charge in [0.05, 0.1) is 12.5 Å². The molecular formula is C15H26N2O2. The fraction of sp³-hybridized carbons (Fsp3) is 0.867. The van der Waals surface area contributed by atoms with E-state index in [1.807, 2.05) is 13.8 Å². The highest BCUT2D eigenvalue weighted by Crippen LogP contribution is 2.29. The molecular weight excluding hydrogens is 240 g/mol. The third-order valence-corrected chi connectivity index (χ3v) is 4.55. The van der Waals surface area contributed by atoms with Gasteiger partial charge in [-0.1, -0.05) is 13.8 Å². The molecule has 2 fully saturated rings. The van der Waals surface area contributed by atoms with Gasteiger partial charge in [-0.25, -0.2) is 0 Å². The Morgan fingerprint density at radius 3 is 2.42 bits per heavy atom. The molecule has 1 aliphatic heterocycles. The predicted octanol–water partition coefficient (Wildman–Crippen LogP) is 1.94. The zero-order valence-electron chi connectivity index (χ0n) is 12.5. The third kappa shape index (κ3) is 2.99. The highest BCUT2D eigenvalue weighted by atomic mass is 16.2. The topological polar surface area (TPSA) is 49.4 Å². The molecule has 0 bridgehead atoms. The first-order valence-electron chi connectivity index (χ1n) is 7.52. The van der Waals surface area contributed by atoms with Gasteiger partial charge in [0, 0.05) is 12.1 Å². The Hall–Kier alpha value is -0.900. The standard InChI is InChI=1S/C15H26N2O2/c1-9(2)17-14(18)8-13(15(17)19)16-12-6-5-10(3)7-11(12)4/h9-13,16H,5-8H2,1-4H3/t10-,11-,12+,13-/m1/s1. The minimum Gasteiger partial charge on any atom is -0.302 e. The molecule has 2 amide bonds. The van der Waals surface area contributed by atoms with Crippen molar-refractivity contribution in [2.45, 2.75) is 71.5 Å². The largest absolute Gasteiger partial charge is 0.302 e. The summed E-state index contributed by atoms with van der Waals surface area (Å²) in [7, 11) is 0. The maximum absolute atomic E-state index is 12.2. The Balaban J connectivity index is 1.97. The van der Waals surface area contributed by atoms with Crippen LogP contribution >= 0.6 is 0 Å². The van der Waals surface area contributed by atoms with Crippen molar-refractivity contribution in [3.05, 3.63) is 0 Å². The number of imide groups is 1. The first kappa shape index (κ1) is 14.5. The van der Waals surface area contributed by atoms with Gasteiger partial charge < -0.3 is 5.32 Å². The SMILES string of the molecule is CC(C)N1C(=O)C[C@@H](N[C@H]2CC[C@@H](C)C[C@H]2C)C1=O. The number of likely N-dealkylation sites (tertiary alicyclic amines) is 1. The second kappa shape index (κ2) is 5.61. The summed E-state index contributed by atoms with van der Waals surface area (Å²) < 4.78 is 0. The fourth-order valence-electron chi connectivity index (χ4n) is 3.50. The van der Waals surface area contributed by atoms with Crippen LogP contribution in [-0.4, -0.2) is 34.8 Å². The molecule has 4 heteroatoms. The van der Waals surface area contributed by atoms with Crippen molar-refractivity contribution in [3.63, 3.8) is 0 Å². The lowest BCUT2D eigenvalue weighted by atomic mass is 9.79. The molecule has 1 heterocycles. The van der Waals surface area contributed by atoms with Gasteiger partial charge in [-0.15, -0.1) is 0 Å². The number of hydrogen-bond acceptors (Lipinski definition) is 3. The summed E-state index contributed by atoms with van der Waals surface area (Å²) in [5, 5.41) is 3.44. The predicted molar refractivity (Wildman–Crippen MR) is 74.5 cm³/mol. The van der Waals surface area contributed by atoms with Crippen molar-refractivity contribution < 1.29 is 9.59 Å². The average molecular weight is 266 g/mol. The summed E-state index contributed by atoms with van der Waals surface area (Å²) in [6.07, 6.45) is 3.86. The number of nitrogens with zero attached hydrogens (tertiary/aromatic N) is 1. The second-order valence-electron chi connectivity index (χ2n) is 6.62. The van der Waals surface area contributed by atoms with Crippen molar-refractivity contribution in [2.24, 2.45) is 11.8 Å². The van der Waals surface area contributed by atoms with E-state index >= 15 is 0 Å². The van der Waals surface area contributed by atoms with Gasteiger partial charge in [0.1, 0.15) is 0 Å². The molecule has 0 spiro atoms. The number of carbonyl (C=O) groups is 2. The van der Waals surface area contributed by atoms with Crippen molar-refractivity contribution in [2.75, 3.05) is 0 Å². The summed E-state index contributed by atoms with van der Waals surface area (Å²) in [5.74, 6) is 1.29. The maximum Gasteiger partial charge on any atom is 0.247 e. The highest BCUT2D eigenvalue weighted by Gasteiger charge is 2.41. The number of hydrogen-bond donors (Lipinski definition) is 1. The van der Waals surface area contributed by atoms with Crippen LogP contribution in [-0.2, 0) is 9.59 Å². The molecule has 4 nitrogen and oxygen atoms in total. The van der Waals surface area contributed by atoms with E-state index < -0.39 is 0 Å². The summed E-state index contributed by atoms with van der Waals surface area (Å²) in [4.78, 5) is 25.5.